The van der Waals surface area contributed by atoms with Crippen LogP contribution in [0.1, 0.15) is 26.3 Å². The molecule has 1 saturated heterocycles. The average Bonchev–Trinajstić information content (AvgIpc) is 2.99. The van der Waals surface area contributed by atoms with Crippen molar-refractivity contribution in [2.45, 2.75) is 33.2 Å². The summed E-state index contributed by atoms with van der Waals surface area (Å²) in [5, 5.41) is 0. The topological polar surface area (TPSA) is 78.0 Å². The van der Waals surface area contributed by atoms with Gasteiger partial charge in [-0.3, -0.25) is 19.3 Å². The molecule has 0 aliphatic carbocycles. The van der Waals surface area contributed by atoms with Crippen LogP contribution >= 0.6 is 0 Å². The minimum absolute atomic E-state index is 0.0434. The summed E-state index contributed by atoms with van der Waals surface area (Å²) < 4.78 is 0. The molecule has 1 fully saturated rings. The van der Waals surface area contributed by atoms with Crippen molar-refractivity contribution in [1.29, 1.82) is 0 Å². The molecule has 7 nitrogen and oxygen atoms in total. The number of carbonyl (C=O) groups excluding carboxylic acids is 4. The fourth-order valence-electron chi connectivity index (χ4n) is 3.37. The first kappa shape index (κ1) is 17.1. The highest BCUT2D eigenvalue weighted by molar-refractivity contribution is 6.45. The fraction of sp³-hybridized carbons (Fsp3) is 0.444. The third-order valence-electron chi connectivity index (χ3n) is 4.45. The van der Waals surface area contributed by atoms with Gasteiger partial charge in [-0.25, -0.2) is 9.69 Å². The third kappa shape index (κ3) is 2.90. The summed E-state index contributed by atoms with van der Waals surface area (Å²) in [5.41, 5.74) is 1.85. The number of nitrogens with zero attached hydrogens (tertiary/aromatic N) is 3. The number of hydrogen-bond acceptors (Lipinski definition) is 4. The summed E-state index contributed by atoms with van der Waals surface area (Å²) >= 11 is 0. The average molecular weight is 343 g/mol. The molecule has 2 heterocycles. The Labute approximate surface area is 146 Å². The van der Waals surface area contributed by atoms with Crippen molar-refractivity contribution in [1.82, 2.24) is 9.80 Å². The zero-order chi connectivity index (χ0) is 18.3. The Kier molecular flexibility index (Phi) is 4.32. The van der Waals surface area contributed by atoms with Gasteiger partial charge in [-0.2, -0.15) is 0 Å². The lowest BCUT2D eigenvalue weighted by atomic mass is 10.1. The number of hydrogen-bond donors (Lipinski definition) is 0. The van der Waals surface area contributed by atoms with Gasteiger partial charge in [-0.15, -0.1) is 0 Å². The van der Waals surface area contributed by atoms with E-state index in [-0.39, 0.29) is 24.4 Å². The second-order valence-corrected chi connectivity index (χ2v) is 6.93. The quantitative estimate of drug-likeness (QED) is 0.612. The number of rotatable bonds is 4. The summed E-state index contributed by atoms with van der Waals surface area (Å²) in [5.74, 6) is -2.11. The number of anilines is 1. The monoisotopic (exact) mass is 343 g/mol. The number of amides is 5. The lowest BCUT2D eigenvalue weighted by molar-refractivity contribution is -0.144. The van der Waals surface area contributed by atoms with Gasteiger partial charge in [0.15, 0.2) is 0 Å². The maximum Gasteiger partial charge on any atom is 0.334 e. The summed E-state index contributed by atoms with van der Waals surface area (Å²) in [6.07, 6.45) is 0.724. The molecule has 0 radical (unpaired) electrons. The van der Waals surface area contributed by atoms with Crippen LogP contribution in [0.4, 0.5) is 10.5 Å². The van der Waals surface area contributed by atoms with Gasteiger partial charge in [0.2, 0.25) is 5.91 Å². The predicted octanol–water partition coefficient (Wildman–Crippen LogP) is 1.41. The van der Waals surface area contributed by atoms with Gasteiger partial charge < -0.3 is 4.90 Å². The van der Waals surface area contributed by atoms with Crippen molar-refractivity contribution in [2.75, 3.05) is 18.0 Å². The zero-order valence-corrected chi connectivity index (χ0v) is 14.6. The van der Waals surface area contributed by atoms with E-state index in [1.165, 1.54) is 0 Å². The Morgan fingerprint density at radius 2 is 1.76 bits per heavy atom. The van der Waals surface area contributed by atoms with Crippen LogP contribution in [0.5, 0.6) is 0 Å². The van der Waals surface area contributed by atoms with Crippen LogP contribution in [0, 0.1) is 5.92 Å². The van der Waals surface area contributed by atoms with Crippen LogP contribution in [0.3, 0.4) is 0 Å². The first-order valence-corrected chi connectivity index (χ1v) is 8.38. The summed E-state index contributed by atoms with van der Waals surface area (Å²) in [6, 6.07) is 6.80. The highest BCUT2D eigenvalue weighted by atomic mass is 16.2. The smallest absolute Gasteiger partial charge is 0.307 e. The number of carbonyl (C=O) groups is 4. The Bertz CT molecular complexity index is 758. The number of urea groups is 1. The Morgan fingerprint density at radius 3 is 2.44 bits per heavy atom. The van der Waals surface area contributed by atoms with E-state index in [9.17, 15) is 19.2 Å². The van der Waals surface area contributed by atoms with E-state index in [4.69, 9.17) is 0 Å². The predicted molar refractivity (Wildman–Crippen MR) is 90.8 cm³/mol. The molecule has 132 valence electrons. The maximum absolute atomic E-state index is 12.8. The van der Waals surface area contributed by atoms with Crippen molar-refractivity contribution >= 4 is 29.4 Å². The molecule has 1 aromatic rings. The molecule has 3 rings (SSSR count). The van der Waals surface area contributed by atoms with E-state index in [0.29, 0.717) is 0 Å². The SMILES string of the molecule is CC(C)CN1C(=O)C(=O)N(CC(=O)N2c3ccccc3C[C@@H]2C)C1=O. The maximum atomic E-state index is 12.8. The Balaban J connectivity index is 1.78. The van der Waals surface area contributed by atoms with Crippen molar-refractivity contribution in [2.24, 2.45) is 5.92 Å². The first-order valence-electron chi connectivity index (χ1n) is 8.38. The third-order valence-corrected chi connectivity index (χ3v) is 4.45. The molecule has 2 aliphatic heterocycles. The van der Waals surface area contributed by atoms with Gasteiger partial charge in [0.1, 0.15) is 6.54 Å². The number of fused-ring (bicyclic) bond motifs is 1. The molecule has 5 amide bonds. The van der Waals surface area contributed by atoms with Crippen LogP contribution < -0.4 is 4.90 Å². The number of benzene rings is 1. The molecule has 0 spiro atoms. The van der Waals surface area contributed by atoms with Gasteiger partial charge in [0, 0.05) is 18.3 Å². The van der Waals surface area contributed by atoms with Crippen LogP contribution in [-0.2, 0) is 20.8 Å². The molecular formula is C18H21N3O4. The molecule has 0 N–H and O–H groups in total. The van der Waals surface area contributed by atoms with Gasteiger partial charge in [0.05, 0.1) is 0 Å². The Morgan fingerprint density at radius 1 is 1.12 bits per heavy atom. The highest BCUT2D eigenvalue weighted by Gasteiger charge is 2.46. The van der Waals surface area contributed by atoms with E-state index < -0.39 is 24.4 Å². The molecule has 1 atom stereocenters. The first-order chi connectivity index (χ1) is 11.8. The molecular weight excluding hydrogens is 322 g/mol. The summed E-state index contributed by atoms with van der Waals surface area (Å²) in [4.78, 5) is 52.5. The molecule has 7 heteroatoms. The normalized spacial score (nSPS) is 20.1. The molecule has 1 aromatic carbocycles. The van der Waals surface area contributed by atoms with E-state index in [2.05, 4.69) is 0 Å². The minimum Gasteiger partial charge on any atom is -0.307 e. The number of imide groups is 2. The summed E-state index contributed by atoms with van der Waals surface area (Å²) in [6.45, 7) is 5.36. The molecule has 0 unspecified atom stereocenters. The van der Waals surface area contributed by atoms with Crippen LogP contribution in [0.15, 0.2) is 24.3 Å². The van der Waals surface area contributed by atoms with E-state index in [1.54, 1.807) is 4.90 Å². The molecule has 2 aliphatic rings. The highest BCUT2D eigenvalue weighted by Crippen LogP contribution is 2.32. The van der Waals surface area contributed by atoms with Crippen molar-refractivity contribution in [3.63, 3.8) is 0 Å². The lowest BCUT2D eigenvalue weighted by Gasteiger charge is -2.24. The van der Waals surface area contributed by atoms with Crippen molar-refractivity contribution in [3.8, 4) is 0 Å². The van der Waals surface area contributed by atoms with E-state index in [1.807, 2.05) is 45.0 Å². The largest absolute Gasteiger partial charge is 0.334 e. The Hall–Kier alpha value is -2.70. The van der Waals surface area contributed by atoms with Crippen LogP contribution in [0.2, 0.25) is 0 Å². The van der Waals surface area contributed by atoms with E-state index >= 15 is 0 Å². The molecule has 0 saturated carbocycles. The number of para-hydroxylation sites is 1. The molecule has 0 aromatic heterocycles. The van der Waals surface area contributed by atoms with Crippen molar-refractivity contribution in [3.05, 3.63) is 29.8 Å². The van der Waals surface area contributed by atoms with Crippen molar-refractivity contribution < 1.29 is 19.2 Å². The van der Waals surface area contributed by atoms with Gasteiger partial charge in [-0.05, 0) is 30.9 Å². The zero-order valence-electron chi connectivity index (χ0n) is 14.6. The van der Waals surface area contributed by atoms with Gasteiger partial charge in [0.25, 0.3) is 0 Å². The van der Waals surface area contributed by atoms with Crippen LogP contribution in [0.25, 0.3) is 0 Å². The molecule has 25 heavy (non-hydrogen) atoms. The van der Waals surface area contributed by atoms with Crippen LogP contribution in [-0.4, -0.2) is 52.7 Å². The second-order valence-electron chi connectivity index (χ2n) is 6.93. The van der Waals surface area contributed by atoms with E-state index in [0.717, 1.165) is 27.5 Å². The minimum atomic E-state index is -0.931. The van der Waals surface area contributed by atoms with Gasteiger partial charge in [-0.1, -0.05) is 32.0 Å². The fourth-order valence-corrected chi connectivity index (χ4v) is 3.37. The lowest BCUT2D eigenvalue weighted by Crippen LogP contribution is -2.45. The molecule has 0 bridgehead atoms. The summed E-state index contributed by atoms with van der Waals surface area (Å²) in [7, 11) is 0. The second kappa shape index (κ2) is 6.31. The standard InChI is InChI=1S/C18H21N3O4/c1-11(2)9-19-16(23)17(24)20(18(19)25)10-15(22)21-12(3)8-13-6-4-5-7-14(13)21/h4-7,11-12H,8-10H2,1-3H3/t12-/m0/s1. The van der Waals surface area contributed by atoms with Gasteiger partial charge >= 0.3 is 17.8 Å².